The van der Waals surface area contributed by atoms with Crippen molar-refractivity contribution in [1.82, 2.24) is 4.57 Å². The van der Waals surface area contributed by atoms with Gasteiger partial charge in [0.05, 0.1) is 11.9 Å². The Hall–Kier alpha value is -1.49. The van der Waals surface area contributed by atoms with E-state index >= 15 is 0 Å². The number of carbonyl (C=O) groups is 1. The Morgan fingerprint density at radius 3 is 2.70 bits per heavy atom. The highest BCUT2D eigenvalue weighted by Crippen LogP contribution is 2.34. The second-order valence-corrected chi connectivity index (χ2v) is 6.95. The molecule has 1 aromatic heterocycles. The molecule has 0 fully saturated rings. The van der Waals surface area contributed by atoms with Gasteiger partial charge in [-0.2, -0.15) is 0 Å². The molecule has 2 aromatic rings. The van der Waals surface area contributed by atoms with E-state index in [4.69, 9.17) is 0 Å². The molecular weight excluding hydrogens is 358 g/mol. The number of carboxylic acid groups (broad SMARTS) is 1. The van der Waals surface area contributed by atoms with Crippen LogP contribution in [0.2, 0.25) is 0 Å². The van der Waals surface area contributed by atoms with Gasteiger partial charge in [0.25, 0.3) is 0 Å². The van der Waals surface area contributed by atoms with Crippen molar-refractivity contribution >= 4 is 32.8 Å². The molecule has 0 spiro atoms. The smallest absolute Gasteiger partial charge is 0.305 e. The summed E-state index contributed by atoms with van der Waals surface area (Å²) < 4.78 is 2.82. The van der Waals surface area contributed by atoms with Crippen LogP contribution in [-0.2, 0) is 4.79 Å². The highest BCUT2D eigenvalue weighted by Gasteiger charge is 2.19. The van der Waals surface area contributed by atoms with Gasteiger partial charge in [-0.25, -0.2) is 0 Å². The number of rotatable bonds is 9. The normalized spacial score (nSPS) is 12.6. The SMILES string of the molecule is CCCCCCCC(CC(=O)O)n1cc(O)c2cc(Br)ccc21. The summed E-state index contributed by atoms with van der Waals surface area (Å²) >= 11 is 3.40. The lowest BCUT2D eigenvalue weighted by Gasteiger charge is -2.18. The van der Waals surface area contributed by atoms with E-state index in [1.165, 1.54) is 19.3 Å². The van der Waals surface area contributed by atoms with Crippen LogP contribution in [0.4, 0.5) is 0 Å². The number of hydrogen-bond donors (Lipinski definition) is 2. The van der Waals surface area contributed by atoms with E-state index in [1.807, 2.05) is 22.8 Å². The van der Waals surface area contributed by atoms with Crippen LogP contribution in [0.1, 0.15) is 57.9 Å². The number of aliphatic carboxylic acids is 1. The van der Waals surface area contributed by atoms with E-state index in [0.717, 1.165) is 34.6 Å². The molecule has 23 heavy (non-hydrogen) atoms. The predicted molar refractivity (Wildman–Crippen MR) is 96.0 cm³/mol. The second-order valence-electron chi connectivity index (χ2n) is 6.04. The zero-order valence-electron chi connectivity index (χ0n) is 13.5. The minimum absolute atomic E-state index is 0.0765. The van der Waals surface area contributed by atoms with Gasteiger partial charge in [0.1, 0.15) is 5.75 Å². The number of halogens is 1. The lowest BCUT2D eigenvalue weighted by Crippen LogP contribution is -2.13. The Morgan fingerprint density at radius 1 is 1.26 bits per heavy atom. The summed E-state index contributed by atoms with van der Waals surface area (Å²) in [6, 6.07) is 5.57. The molecule has 1 atom stereocenters. The van der Waals surface area contributed by atoms with Gasteiger partial charge in [0.2, 0.25) is 0 Å². The summed E-state index contributed by atoms with van der Waals surface area (Å²) in [7, 11) is 0. The summed E-state index contributed by atoms with van der Waals surface area (Å²) in [5.74, 6) is -0.607. The summed E-state index contributed by atoms with van der Waals surface area (Å²) in [6.45, 7) is 2.18. The number of aromatic hydroxyl groups is 1. The fraction of sp³-hybridized carbons (Fsp3) is 0.500. The Balaban J connectivity index is 2.19. The van der Waals surface area contributed by atoms with Crippen LogP contribution in [-0.4, -0.2) is 20.7 Å². The molecule has 0 radical (unpaired) electrons. The van der Waals surface area contributed by atoms with E-state index in [-0.39, 0.29) is 18.2 Å². The average molecular weight is 382 g/mol. The summed E-state index contributed by atoms with van der Waals surface area (Å²) in [4.78, 5) is 11.2. The molecule has 0 bridgehead atoms. The van der Waals surface area contributed by atoms with E-state index in [2.05, 4.69) is 22.9 Å². The third-order valence-electron chi connectivity index (χ3n) is 4.22. The molecule has 126 valence electrons. The Kier molecular flexibility index (Phi) is 6.51. The van der Waals surface area contributed by atoms with Crippen LogP contribution in [0.5, 0.6) is 5.75 Å². The average Bonchev–Trinajstić information content (AvgIpc) is 2.82. The number of nitrogens with zero attached hydrogens (tertiary/aromatic N) is 1. The summed E-state index contributed by atoms with van der Waals surface area (Å²) in [5.41, 5.74) is 0.880. The molecule has 1 heterocycles. The van der Waals surface area contributed by atoms with Crippen molar-refractivity contribution in [3.05, 3.63) is 28.9 Å². The van der Waals surface area contributed by atoms with E-state index in [1.54, 1.807) is 6.20 Å². The molecular formula is C18H24BrNO3. The molecule has 0 saturated heterocycles. The first kappa shape index (κ1) is 17.9. The lowest BCUT2D eigenvalue weighted by atomic mass is 10.0. The molecule has 0 amide bonds. The van der Waals surface area contributed by atoms with Gasteiger partial charge in [-0.3, -0.25) is 4.79 Å². The molecule has 0 aliphatic heterocycles. The number of benzene rings is 1. The topological polar surface area (TPSA) is 62.5 Å². The molecule has 2 rings (SSSR count). The molecule has 0 aliphatic carbocycles. The van der Waals surface area contributed by atoms with Gasteiger partial charge in [0.15, 0.2) is 0 Å². The van der Waals surface area contributed by atoms with Gasteiger partial charge in [-0.15, -0.1) is 0 Å². The van der Waals surface area contributed by atoms with Crippen molar-refractivity contribution in [2.45, 2.75) is 57.9 Å². The van der Waals surface area contributed by atoms with Crippen LogP contribution in [0.15, 0.2) is 28.9 Å². The monoisotopic (exact) mass is 381 g/mol. The van der Waals surface area contributed by atoms with Crippen molar-refractivity contribution in [3.8, 4) is 5.75 Å². The highest BCUT2D eigenvalue weighted by molar-refractivity contribution is 9.10. The standard InChI is InChI=1S/C18H24BrNO3/c1-2-3-4-5-6-7-14(11-18(22)23)20-12-17(21)15-10-13(19)8-9-16(15)20/h8-10,12,14,21H,2-7,11H2,1H3,(H,22,23). The molecule has 2 N–H and O–H groups in total. The van der Waals surface area contributed by atoms with Crippen molar-refractivity contribution in [2.75, 3.05) is 0 Å². The molecule has 0 saturated carbocycles. The molecule has 0 aliphatic rings. The van der Waals surface area contributed by atoms with Gasteiger partial charge in [-0.05, 0) is 24.6 Å². The minimum Gasteiger partial charge on any atom is -0.506 e. The predicted octanol–water partition coefficient (Wildman–Crippen LogP) is 5.49. The fourth-order valence-electron chi connectivity index (χ4n) is 3.04. The van der Waals surface area contributed by atoms with Crippen LogP contribution < -0.4 is 0 Å². The zero-order valence-corrected chi connectivity index (χ0v) is 15.1. The zero-order chi connectivity index (χ0) is 16.8. The van der Waals surface area contributed by atoms with Gasteiger partial charge < -0.3 is 14.8 Å². The van der Waals surface area contributed by atoms with Crippen molar-refractivity contribution in [3.63, 3.8) is 0 Å². The number of fused-ring (bicyclic) bond motifs is 1. The van der Waals surface area contributed by atoms with Crippen LogP contribution in [0.3, 0.4) is 0 Å². The van der Waals surface area contributed by atoms with Crippen molar-refractivity contribution < 1.29 is 15.0 Å². The third kappa shape index (κ3) is 4.74. The first-order valence-electron chi connectivity index (χ1n) is 8.23. The molecule has 4 nitrogen and oxygen atoms in total. The highest BCUT2D eigenvalue weighted by atomic mass is 79.9. The first-order valence-corrected chi connectivity index (χ1v) is 9.03. The Labute approximate surface area is 145 Å². The number of aromatic nitrogens is 1. The van der Waals surface area contributed by atoms with E-state index in [9.17, 15) is 15.0 Å². The minimum atomic E-state index is -0.804. The second kappa shape index (κ2) is 8.39. The number of hydrogen-bond acceptors (Lipinski definition) is 2. The largest absolute Gasteiger partial charge is 0.506 e. The summed E-state index contributed by atoms with van der Waals surface area (Å²) in [6.07, 6.45) is 8.31. The number of carboxylic acids is 1. The quantitative estimate of drug-likeness (QED) is 0.564. The fourth-order valence-corrected chi connectivity index (χ4v) is 3.40. The maximum Gasteiger partial charge on any atom is 0.305 e. The van der Waals surface area contributed by atoms with Crippen LogP contribution >= 0.6 is 15.9 Å². The van der Waals surface area contributed by atoms with E-state index < -0.39 is 5.97 Å². The summed E-state index contributed by atoms with van der Waals surface area (Å²) in [5, 5.41) is 20.1. The van der Waals surface area contributed by atoms with Gasteiger partial charge in [0, 0.05) is 22.1 Å². The van der Waals surface area contributed by atoms with Crippen LogP contribution in [0.25, 0.3) is 10.9 Å². The van der Waals surface area contributed by atoms with Gasteiger partial charge >= 0.3 is 5.97 Å². The molecule has 5 heteroatoms. The maximum atomic E-state index is 11.2. The van der Waals surface area contributed by atoms with E-state index in [0.29, 0.717) is 0 Å². The first-order chi connectivity index (χ1) is 11.0. The number of unbranched alkanes of at least 4 members (excludes halogenated alkanes) is 4. The Morgan fingerprint density at radius 2 is 2.00 bits per heavy atom. The lowest BCUT2D eigenvalue weighted by molar-refractivity contribution is -0.137. The van der Waals surface area contributed by atoms with Crippen molar-refractivity contribution in [1.29, 1.82) is 0 Å². The van der Waals surface area contributed by atoms with Crippen molar-refractivity contribution in [2.24, 2.45) is 0 Å². The van der Waals surface area contributed by atoms with Crippen LogP contribution in [0, 0.1) is 0 Å². The third-order valence-corrected chi connectivity index (χ3v) is 4.71. The molecule has 1 aromatic carbocycles. The molecule has 1 unspecified atom stereocenters. The maximum absolute atomic E-state index is 11.2. The Bertz CT molecular complexity index is 666. The van der Waals surface area contributed by atoms with Gasteiger partial charge in [-0.1, -0.05) is 55.0 Å².